The first-order valence-electron chi connectivity index (χ1n) is 6.43. The van der Waals surface area contributed by atoms with Crippen LogP contribution in [0.1, 0.15) is 36.2 Å². The van der Waals surface area contributed by atoms with E-state index in [-0.39, 0.29) is 0 Å². The summed E-state index contributed by atoms with van der Waals surface area (Å²) in [4.78, 5) is 5.58. The van der Waals surface area contributed by atoms with E-state index in [9.17, 15) is 0 Å². The number of aryl methyl sites for hydroxylation is 3. The summed E-state index contributed by atoms with van der Waals surface area (Å²) in [5.41, 5.74) is 3.02. The van der Waals surface area contributed by atoms with Crippen LogP contribution in [0.25, 0.3) is 0 Å². The molecule has 0 aliphatic heterocycles. The van der Waals surface area contributed by atoms with Gasteiger partial charge in [-0.05, 0) is 19.8 Å². The smallest absolute Gasteiger partial charge is 0.209 e. The molecular weight excluding hydrogens is 278 g/mol. The SMILES string of the molecule is CCCCc1nnc(SCCc2scnc2C)n1N. The number of rotatable bonds is 7. The average molecular weight is 297 g/mol. The molecule has 0 aromatic carbocycles. The normalized spacial score (nSPS) is 11.1. The molecule has 2 heterocycles. The Balaban J connectivity index is 1.86. The van der Waals surface area contributed by atoms with Crippen LogP contribution >= 0.6 is 23.1 Å². The van der Waals surface area contributed by atoms with Gasteiger partial charge in [-0.3, -0.25) is 0 Å². The lowest BCUT2D eigenvalue weighted by Crippen LogP contribution is -2.14. The summed E-state index contributed by atoms with van der Waals surface area (Å²) in [7, 11) is 0. The fraction of sp³-hybridized carbons (Fsp3) is 0.583. The van der Waals surface area contributed by atoms with Crippen LogP contribution in [0.5, 0.6) is 0 Å². The van der Waals surface area contributed by atoms with Gasteiger partial charge in [-0.2, -0.15) is 0 Å². The van der Waals surface area contributed by atoms with Gasteiger partial charge in [-0.15, -0.1) is 21.5 Å². The molecule has 0 radical (unpaired) electrons. The first-order chi connectivity index (χ1) is 9.22. The Morgan fingerprint density at radius 3 is 2.89 bits per heavy atom. The molecule has 0 aliphatic rings. The van der Waals surface area contributed by atoms with E-state index in [1.807, 2.05) is 12.4 Å². The Hall–Kier alpha value is -1.08. The van der Waals surface area contributed by atoms with E-state index < -0.39 is 0 Å². The van der Waals surface area contributed by atoms with Crippen LogP contribution in [0.2, 0.25) is 0 Å². The van der Waals surface area contributed by atoms with Crippen molar-refractivity contribution < 1.29 is 0 Å². The van der Waals surface area contributed by atoms with Gasteiger partial charge in [-0.25, -0.2) is 9.66 Å². The molecule has 0 saturated heterocycles. The monoisotopic (exact) mass is 297 g/mol. The van der Waals surface area contributed by atoms with Crippen LogP contribution in [0.15, 0.2) is 10.7 Å². The van der Waals surface area contributed by atoms with Gasteiger partial charge in [0.2, 0.25) is 5.16 Å². The Bertz CT molecular complexity index is 520. The lowest BCUT2D eigenvalue weighted by Gasteiger charge is -2.02. The van der Waals surface area contributed by atoms with Crippen molar-refractivity contribution in [3.63, 3.8) is 0 Å². The highest BCUT2D eigenvalue weighted by atomic mass is 32.2. The van der Waals surface area contributed by atoms with Gasteiger partial charge < -0.3 is 5.84 Å². The van der Waals surface area contributed by atoms with Crippen LogP contribution in [0, 0.1) is 6.92 Å². The summed E-state index contributed by atoms with van der Waals surface area (Å²) >= 11 is 3.36. The molecule has 0 spiro atoms. The van der Waals surface area contributed by atoms with Crippen LogP contribution in [0.4, 0.5) is 0 Å². The lowest BCUT2D eigenvalue weighted by atomic mass is 10.2. The summed E-state index contributed by atoms with van der Waals surface area (Å²) in [6.45, 7) is 4.20. The van der Waals surface area contributed by atoms with Crippen LogP contribution in [-0.2, 0) is 12.8 Å². The quantitative estimate of drug-likeness (QED) is 0.628. The number of aromatic nitrogens is 4. The predicted molar refractivity (Wildman–Crippen MR) is 80.1 cm³/mol. The highest BCUT2D eigenvalue weighted by molar-refractivity contribution is 7.99. The molecule has 0 fully saturated rings. The minimum Gasteiger partial charge on any atom is -0.336 e. The zero-order valence-electron chi connectivity index (χ0n) is 11.3. The standard InChI is InChI=1S/C12H19N5S2/c1-3-4-5-11-15-16-12(17(11)13)18-7-6-10-9(2)14-8-19-10/h8H,3-7,13H2,1-2H3. The maximum Gasteiger partial charge on any atom is 0.209 e. The Morgan fingerprint density at radius 2 is 2.21 bits per heavy atom. The molecule has 2 N–H and O–H groups in total. The maximum atomic E-state index is 5.99. The molecule has 0 amide bonds. The first kappa shape index (κ1) is 14.3. The maximum absolute atomic E-state index is 5.99. The van der Waals surface area contributed by atoms with Gasteiger partial charge >= 0.3 is 0 Å². The zero-order valence-corrected chi connectivity index (χ0v) is 12.9. The zero-order chi connectivity index (χ0) is 13.7. The number of thioether (sulfide) groups is 1. The van der Waals surface area contributed by atoms with Crippen molar-refractivity contribution in [2.45, 2.75) is 44.7 Å². The molecule has 2 rings (SSSR count). The van der Waals surface area contributed by atoms with Crippen molar-refractivity contribution >= 4 is 23.1 Å². The Labute approximate surface area is 121 Å². The molecule has 7 heteroatoms. The number of nitrogens with two attached hydrogens (primary N) is 1. The van der Waals surface area contributed by atoms with E-state index in [4.69, 9.17) is 5.84 Å². The fourth-order valence-electron chi connectivity index (χ4n) is 1.71. The minimum atomic E-state index is 0.799. The number of nitrogen functional groups attached to an aromatic ring is 1. The van der Waals surface area contributed by atoms with Gasteiger partial charge in [0.15, 0.2) is 5.82 Å². The molecular formula is C12H19N5S2. The summed E-state index contributed by atoms with van der Waals surface area (Å²) in [6.07, 6.45) is 4.13. The van der Waals surface area contributed by atoms with Gasteiger partial charge in [-0.1, -0.05) is 25.1 Å². The van der Waals surface area contributed by atoms with Crippen molar-refractivity contribution in [3.8, 4) is 0 Å². The molecule has 2 aromatic rings. The van der Waals surface area contributed by atoms with Crippen molar-refractivity contribution in [2.75, 3.05) is 11.6 Å². The number of hydrogen-bond acceptors (Lipinski definition) is 6. The molecule has 0 aliphatic carbocycles. The summed E-state index contributed by atoms with van der Waals surface area (Å²) < 4.78 is 1.62. The lowest BCUT2D eigenvalue weighted by molar-refractivity contribution is 0.712. The molecule has 0 saturated carbocycles. The Morgan fingerprint density at radius 1 is 1.37 bits per heavy atom. The van der Waals surface area contributed by atoms with Crippen molar-refractivity contribution in [2.24, 2.45) is 0 Å². The molecule has 104 valence electrons. The first-order valence-corrected chi connectivity index (χ1v) is 8.30. The fourth-order valence-corrected chi connectivity index (χ4v) is 3.45. The van der Waals surface area contributed by atoms with Crippen molar-refractivity contribution in [3.05, 3.63) is 21.9 Å². The van der Waals surface area contributed by atoms with E-state index in [0.29, 0.717) is 0 Å². The van der Waals surface area contributed by atoms with E-state index in [2.05, 4.69) is 22.1 Å². The average Bonchev–Trinajstić information content (AvgIpc) is 2.96. The molecule has 0 unspecified atom stereocenters. The molecule has 5 nitrogen and oxygen atoms in total. The molecule has 0 atom stereocenters. The van der Waals surface area contributed by atoms with E-state index >= 15 is 0 Å². The largest absolute Gasteiger partial charge is 0.336 e. The highest BCUT2D eigenvalue weighted by Gasteiger charge is 2.10. The third-order valence-corrected chi connectivity index (χ3v) is 4.83. The second-order valence-electron chi connectivity index (χ2n) is 4.33. The number of thiazole rings is 1. The number of nitrogens with zero attached hydrogens (tertiary/aromatic N) is 4. The van der Waals surface area contributed by atoms with Gasteiger partial charge in [0.25, 0.3) is 0 Å². The van der Waals surface area contributed by atoms with Crippen molar-refractivity contribution in [1.82, 2.24) is 19.9 Å². The number of hydrogen-bond donors (Lipinski definition) is 1. The van der Waals surface area contributed by atoms with E-state index in [1.165, 1.54) is 4.88 Å². The third-order valence-electron chi connectivity index (χ3n) is 2.89. The topological polar surface area (TPSA) is 69.6 Å². The third kappa shape index (κ3) is 3.70. The molecule has 0 bridgehead atoms. The summed E-state index contributed by atoms with van der Waals surface area (Å²) in [5, 5.41) is 9.09. The van der Waals surface area contributed by atoms with Crippen LogP contribution < -0.4 is 5.84 Å². The van der Waals surface area contributed by atoms with Gasteiger partial charge in [0.05, 0.1) is 11.2 Å². The van der Waals surface area contributed by atoms with Gasteiger partial charge in [0, 0.05) is 17.1 Å². The van der Waals surface area contributed by atoms with Crippen molar-refractivity contribution in [1.29, 1.82) is 0 Å². The highest BCUT2D eigenvalue weighted by Crippen LogP contribution is 2.20. The summed E-state index contributed by atoms with van der Waals surface area (Å²) in [5.74, 6) is 7.82. The Kier molecular flexibility index (Phi) is 5.21. The second-order valence-corrected chi connectivity index (χ2v) is 6.33. The molecule has 19 heavy (non-hydrogen) atoms. The van der Waals surface area contributed by atoms with Crippen LogP contribution in [0.3, 0.4) is 0 Å². The van der Waals surface area contributed by atoms with Gasteiger partial charge in [0.1, 0.15) is 0 Å². The minimum absolute atomic E-state index is 0.799. The predicted octanol–water partition coefficient (Wildman–Crippen LogP) is 2.43. The van der Waals surface area contributed by atoms with Crippen LogP contribution in [-0.4, -0.2) is 25.6 Å². The van der Waals surface area contributed by atoms with E-state index in [0.717, 1.165) is 48.1 Å². The molecule has 2 aromatic heterocycles. The summed E-state index contributed by atoms with van der Waals surface area (Å²) in [6, 6.07) is 0. The second kappa shape index (κ2) is 6.91. The number of unbranched alkanes of at least 4 members (excludes halogenated alkanes) is 1. The van der Waals surface area contributed by atoms with E-state index in [1.54, 1.807) is 27.8 Å².